The molecule has 0 heterocycles. The van der Waals surface area contributed by atoms with E-state index in [4.69, 9.17) is 5.73 Å². The number of halogens is 1. The van der Waals surface area contributed by atoms with Crippen molar-refractivity contribution < 1.29 is 9.59 Å². The average Bonchev–Trinajstić information content (AvgIpc) is 2.46. The molecular formula is C17H28ClN3O2. The van der Waals surface area contributed by atoms with Gasteiger partial charge in [-0.25, -0.2) is 0 Å². The maximum absolute atomic E-state index is 12.4. The lowest BCUT2D eigenvalue weighted by Crippen LogP contribution is -2.41. The fourth-order valence-electron chi connectivity index (χ4n) is 2.31. The van der Waals surface area contributed by atoms with E-state index in [-0.39, 0.29) is 42.1 Å². The Bertz CT molecular complexity index is 506. The molecule has 0 saturated heterocycles. The smallest absolute Gasteiger partial charge is 0.224 e. The van der Waals surface area contributed by atoms with Crippen LogP contribution < -0.4 is 11.1 Å². The minimum absolute atomic E-state index is 0. The predicted molar refractivity (Wildman–Crippen MR) is 95.3 cm³/mol. The number of benzene rings is 1. The van der Waals surface area contributed by atoms with Crippen LogP contribution in [0.1, 0.15) is 38.8 Å². The van der Waals surface area contributed by atoms with E-state index in [1.165, 1.54) is 6.92 Å². The molecule has 1 rings (SSSR count). The van der Waals surface area contributed by atoms with Crippen molar-refractivity contribution in [3.05, 3.63) is 35.9 Å². The third-order valence-corrected chi connectivity index (χ3v) is 3.60. The number of carbonyl (C=O) groups is 2. The van der Waals surface area contributed by atoms with Gasteiger partial charge in [-0.05, 0) is 17.5 Å². The van der Waals surface area contributed by atoms with Crippen molar-refractivity contribution in [1.29, 1.82) is 0 Å². The maximum atomic E-state index is 12.4. The van der Waals surface area contributed by atoms with Crippen molar-refractivity contribution in [3.8, 4) is 0 Å². The van der Waals surface area contributed by atoms with Gasteiger partial charge in [0.2, 0.25) is 11.8 Å². The maximum Gasteiger partial charge on any atom is 0.224 e. The number of hydrogen-bond donors (Lipinski definition) is 2. The monoisotopic (exact) mass is 341 g/mol. The Labute approximate surface area is 145 Å². The van der Waals surface area contributed by atoms with Crippen molar-refractivity contribution >= 4 is 24.2 Å². The van der Waals surface area contributed by atoms with Crippen molar-refractivity contribution in [3.63, 3.8) is 0 Å². The lowest BCUT2D eigenvalue weighted by Gasteiger charge is -2.30. The van der Waals surface area contributed by atoms with Crippen molar-refractivity contribution in [2.45, 2.75) is 33.2 Å². The number of rotatable bonds is 7. The zero-order valence-electron chi connectivity index (χ0n) is 14.3. The normalized spacial score (nSPS) is 12.0. The molecule has 23 heavy (non-hydrogen) atoms. The molecule has 130 valence electrons. The Morgan fingerprint density at radius 3 is 2.30 bits per heavy atom. The lowest BCUT2D eigenvalue weighted by molar-refractivity contribution is -0.132. The summed E-state index contributed by atoms with van der Waals surface area (Å²) in [7, 11) is 1.77. The van der Waals surface area contributed by atoms with Crippen LogP contribution in [-0.4, -0.2) is 36.9 Å². The highest BCUT2D eigenvalue weighted by molar-refractivity contribution is 5.85. The Kier molecular flexibility index (Phi) is 8.87. The first-order chi connectivity index (χ1) is 10.2. The SMILES string of the molecule is CC(=O)NC(CC(=O)N(C)CC(C)(C)CN)c1ccccc1.Cl. The Balaban J connectivity index is 0.00000484. The van der Waals surface area contributed by atoms with Gasteiger partial charge in [0.25, 0.3) is 0 Å². The summed E-state index contributed by atoms with van der Waals surface area (Å²) in [5, 5.41) is 2.85. The molecule has 0 fully saturated rings. The molecule has 0 aliphatic rings. The highest BCUT2D eigenvalue weighted by Crippen LogP contribution is 2.20. The highest BCUT2D eigenvalue weighted by atomic mass is 35.5. The van der Waals surface area contributed by atoms with E-state index in [0.717, 1.165) is 5.56 Å². The summed E-state index contributed by atoms with van der Waals surface area (Å²) >= 11 is 0. The van der Waals surface area contributed by atoms with Crippen molar-refractivity contribution in [1.82, 2.24) is 10.2 Å². The van der Waals surface area contributed by atoms with Gasteiger partial charge in [0.05, 0.1) is 12.5 Å². The highest BCUT2D eigenvalue weighted by Gasteiger charge is 2.24. The van der Waals surface area contributed by atoms with Crippen LogP contribution in [0.4, 0.5) is 0 Å². The second kappa shape index (κ2) is 9.53. The van der Waals surface area contributed by atoms with Crippen LogP contribution >= 0.6 is 12.4 Å². The van der Waals surface area contributed by atoms with Gasteiger partial charge in [-0.1, -0.05) is 44.2 Å². The molecule has 3 N–H and O–H groups in total. The molecule has 0 radical (unpaired) electrons. The van der Waals surface area contributed by atoms with Gasteiger partial charge < -0.3 is 16.0 Å². The van der Waals surface area contributed by atoms with Crippen LogP contribution in [-0.2, 0) is 9.59 Å². The molecule has 6 heteroatoms. The average molecular weight is 342 g/mol. The van der Waals surface area contributed by atoms with E-state index in [0.29, 0.717) is 13.1 Å². The molecule has 0 aliphatic heterocycles. The van der Waals surface area contributed by atoms with Gasteiger partial charge in [-0.2, -0.15) is 0 Å². The van der Waals surface area contributed by atoms with Crippen LogP contribution in [0.5, 0.6) is 0 Å². The van der Waals surface area contributed by atoms with E-state index in [2.05, 4.69) is 5.32 Å². The first-order valence-electron chi connectivity index (χ1n) is 7.51. The first kappa shape index (κ1) is 21.4. The minimum Gasteiger partial charge on any atom is -0.349 e. The molecule has 0 aromatic heterocycles. The molecule has 0 spiro atoms. The van der Waals surface area contributed by atoms with Crippen LogP contribution in [0.2, 0.25) is 0 Å². The molecule has 1 aromatic rings. The largest absolute Gasteiger partial charge is 0.349 e. The summed E-state index contributed by atoms with van der Waals surface area (Å²) in [5.41, 5.74) is 6.52. The molecule has 5 nitrogen and oxygen atoms in total. The third kappa shape index (κ3) is 7.48. The third-order valence-electron chi connectivity index (χ3n) is 3.60. The van der Waals surface area contributed by atoms with Gasteiger partial charge in [-0.3, -0.25) is 9.59 Å². The standard InChI is InChI=1S/C17H27N3O2.ClH/c1-13(21)19-15(14-8-6-5-7-9-14)10-16(22)20(4)12-17(2,3)11-18;/h5-9,15H,10-12,18H2,1-4H3,(H,19,21);1H. The minimum atomic E-state index is -0.311. The second-order valence-corrected chi connectivity index (χ2v) is 6.49. The van der Waals surface area contributed by atoms with E-state index < -0.39 is 0 Å². The van der Waals surface area contributed by atoms with Gasteiger partial charge in [0.15, 0.2) is 0 Å². The molecule has 1 atom stereocenters. The zero-order valence-corrected chi connectivity index (χ0v) is 15.2. The van der Waals surface area contributed by atoms with Crippen molar-refractivity contribution in [2.24, 2.45) is 11.1 Å². The summed E-state index contributed by atoms with van der Waals surface area (Å²) in [6, 6.07) is 9.22. The Morgan fingerprint density at radius 2 is 1.83 bits per heavy atom. The first-order valence-corrected chi connectivity index (χ1v) is 7.51. The summed E-state index contributed by atoms with van der Waals surface area (Å²) in [5.74, 6) is -0.157. The second-order valence-electron chi connectivity index (χ2n) is 6.49. The fourth-order valence-corrected chi connectivity index (χ4v) is 2.31. The molecular weight excluding hydrogens is 314 g/mol. The molecule has 0 bridgehead atoms. The van der Waals surface area contributed by atoms with E-state index in [9.17, 15) is 9.59 Å². The zero-order chi connectivity index (χ0) is 16.8. The van der Waals surface area contributed by atoms with Crippen LogP contribution in [0.25, 0.3) is 0 Å². The van der Waals surface area contributed by atoms with Crippen LogP contribution in [0, 0.1) is 5.41 Å². The number of nitrogens with one attached hydrogen (secondary N) is 1. The number of nitrogens with zero attached hydrogens (tertiary/aromatic N) is 1. The summed E-state index contributed by atoms with van der Waals surface area (Å²) in [6.07, 6.45) is 0.237. The Hall–Kier alpha value is -1.59. The van der Waals surface area contributed by atoms with E-state index in [1.807, 2.05) is 44.2 Å². The summed E-state index contributed by atoms with van der Waals surface area (Å²) in [4.78, 5) is 25.5. The lowest BCUT2D eigenvalue weighted by atomic mass is 9.93. The van der Waals surface area contributed by atoms with Gasteiger partial charge in [-0.15, -0.1) is 12.4 Å². The summed E-state index contributed by atoms with van der Waals surface area (Å²) in [6.45, 7) is 6.61. The topological polar surface area (TPSA) is 75.4 Å². The number of nitrogens with two attached hydrogens (primary N) is 1. The van der Waals surface area contributed by atoms with E-state index >= 15 is 0 Å². The van der Waals surface area contributed by atoms with Gasteiger partial charge in [0, 0.05) is 20.5 Å². The molecule has 1 unspecified atom stereocenters. The Morgan fingerprint density at radius 1 is 1.26 bits per heavy atom. The van der Waals surface area contributed by atoms with Crippen LogP contribution in [0.15, 0.2) is 30.3 Å². The van der Waals surface area contributed by atoms with Crippen LogP contribution in [0.3, 0.4) is 0 Å². The number of amides is 2. The quantitative estimate of drug-likeness (QED) is 0.797. The van der Waals surface area contributed by atoms with E-state index in [1.54, 1.807) is 11.9 Å². The molecule has 2 amide bonds. The summed E-state index contributed by atoms with van der Waals surface area (Å²) < 4.78 is 0. The molecule has 0 saturated carbocycles. The van der Waals surface area contributed by atoms with Crippen molar-refractivity contribution in [2.75, 3.05) is 20.1 Å². The number of carbonyl (C=O) groups excluding carboxylic acids is 2. The molecule has 1 aromatic carbocycles. The fraction of sp³-hybridized carbons (Fsp3) is 0.529. The molecule has 0 aliphatic carbocycles. The number of hydrogen-bond acceptors (Lipinski definition) is 3. The van der Waals surface area contributed by atoms with Gasteiger partial charge >= 0.3 is 0 Å². The van der Waals surface area contributed by atoms with Gasteiger partial charge in [0.1, 0.15) is 0 Å². The predicted octanol–water partition coefficient (Wildman–Crippen LogP) is 2.12.